The van der Waals surface area contributed by atoms with Gasteiger partial charge in [-0.1, -0.05) is 24.4 Å². The molecule has 0 radical (unpaired) electrons. The van der Waals surface area contributed by atoms with Gasteiger partial charge in [-0.2, -0.15) is 0 Å². The van der Waals surface area contributed by atoms with Crippen LogP contribution >= 0.6 is 12.2 Å². The number of amides is 1. The first-order valence-electron chi connectivity index (χ1n) is 6.56. The van der Waals surface area contributed by atoms with Crippen LogP contribution in [0, 0.1) is 0 Å². The zero-order valence-electron chi connectivity index (χ0n) is 11.5. The Hall–Kier alpha value is -1.66. The summed E-state index contributed by atoms with van der Waals surface area (Å²) in [5, 5.41) is 0. The van der Waals surface area contributed by atoms with Crippen LogP contribution in [0.3, 0.4) is 0 Å². The van der Waals surface area contributed by atoms with E-state index in [9.17, 15) is 4.79 Å². The fourth-order valence-corrected chi connectivity index (χ4v) is 2.25. The van der Waals surface area contributed by atoms with Crippen molar-refractivity contribution in [1.29, 1.82) is 0 Å². The summed E-state index contributed by atoms with van der Waals surface area (Å²) in [6.45, 7) is 3.30. The van der Waals surface area contributed by atoms with E-state index in [-0.39, 0.29) is 17.5 Å². The molecule has 108 valence electrons. The average molecular weight is 293 g/mol. The van der Waals surface area contributed by atoms with E-state index in [1.165, 1.54) is 0 Å². The minimum absolute atomic E-state index is 0.00385. The van der Waals surface area contributed by atoms with Crippen LogP contribution < -0.4 is 10.5 Å². The fraction of sp³-hybridized carbons (Fsp3) is 0.429. The summed E-state index contributed by atoms with van der Waals surface area (Å²) in [5.41, 5.74) is 6.29. The minimum atomic E-state index is -0.00385. The van der Waals surface area contributed by atoms with Gasteiger partial charge in [-0.05, 0) is 19.2 Å². The van der Waals surface area contributed by atoms with Gasteiger partial charge in [0.1, 0.15) is 10.7 Å². The number of nitrogens with zero attached hydrogens (tertiary/aromatic N) is 2. The van der Waals surface area contributed by atoms with Gasteiger partial charge in [-0.15, -0.1) is 0 Å². The van der Waals surface area contributed by atoms with Crippen molar-refractivity contribution in [3.05, 3.63) is 29.8 Å². The molecule has 0 aliphatic carbocycles. The molecule has 0 atom stereocenters. The van der Waals surface area contributed by atoms with Gasteiger partial charge in [0.2, 0.25) is 0 Å². The molecule has 5 nitrogen and oxygen atoms in total. The van der Waals surface area contributed by atoms with Gasteiger partial charge in [-0.25, -0.2) is 0 Å². The molecule has 1 saturated heterocycles. The number of rotatable bonds is 4. The standard InChI is InChI=1S/C14H19N3O2S/c1-16-6-8-17(9-7-16)13(18)10-19-12-5-3-2-4-11(12)14(15)20/h2-5H,6-10H2,1H3,(H2,15,20). The van der Waals surface area contributed by atoms with Crippen LogP contribution in [0.15, 0.2) is 24.3 Å². The molecule has 1 aromatic rings. The first-order valence-corrected chi connectivity index (χ1v) is 6.96. The van der Waals surface area contributed by atoms with Gasteiger partial charge >= 0.3 is 0 Å². The molecule has 1 aliphatic rings. The summed E-state index contributed by atoms with van der Waals surface area (Å²) in [6, 6.07) is 7.23. The van der Waals surface area contributed by atoms with Gasteiger partial charge in [0.25, 0.3) is 5.91 Å². The summed E-state index contributed by atoms with van der Waals surface area (Å²) >= 11 is 4.96. The number of carbonyl (C=O) groups excluding carboxylic acids is 1. The smallest absolute Gasteiger partial charge is 0.260 e. The molecule has 2 rings (SSSR count). The first kappa shape index (κ1) is 14.7. The molecule has 6 heteroatoms. The first-order chi connectivity index (χ1) is 9.58. The van der Waals surface area contributed by atoms with E-state index in [2.05, 4.69) is 11.9 Å². The maximum Gasteiger partial charge on any atom is 0.260 e. The number of ether oxygens (including phenoxy) is 1. The van der Waals surface area contributed by atoms with Crippen molar-refractivity contribution in [3.8, 4) is 5.75 Å². The van der Waals surface area contributed by atoms with E-state index in [1.807, 2.05) is 17.0 Å². The molecule has 1 aliphatic heterocycles. The number of hydrogen-bond donors (Lipinski definition) is 1. The summed E-state index contributed by atoms with van der Waals surface area (Å²) in [4.78, 5) is 16.4. The number of benzene rings is 1. The zero-order valence-corrected chi connectivity index (χ0v) is 12.4. The Labute approximate surface area is 124 Å². The summed E-state index contributed by atoms with van der Waals surface area (Å²) < 4.78 is 5.57. The van der Waals surface area contributed by atoms with Crippen molar-refractivity contribution < 1.29 is 9.53 Å². The second-order valence-electron chi connectivity index (χ2n) is 4.83. The van der Waals surface area contributed by atoms with Crippen LogP contribution in [0.1, 0.15) is 5.56 Å². The van der Waals surface area contributed by atoms with Crippen molar-refractivity contribution in [2.45, 2.75) is 0 Å². The molecule has 1 fully saturated rings. The third-order valence-electron chi connectivity index (χ3n) is 3.36. The van der Waals surface area contributed by atoms with Crippen LogP contribution in [-0.2, 0) is 4.79 Å². The SMILES string of the molecule is CN1CCN(C(=O)COc2ccccc2C(N)=S)CC1. The molecule has 1 heterocycles. The lowest BCUT2D eigenvalue weighted by molar-refractivity contribution is -0.134. The highest BCUT2D eigenvalue weighted by Crippen LogP contribution is 2.17. The van der Waals surface area contributed by atoms with E-state index < -0.39 is 0 Å². The van der Waals surface area contributed by atoms with E-state index in [0.29, 0.717) is 11.3 Å². The Morgan fingerprint density at radius 2 is 1.95 bits per heavy atom. The van der Waals surface area contributed by atoms with Crippen molar-refractivity contribution in [3.63, 3.8) is 0 Å². The quantitative estimate of drug-likeness (QED) is 0.818. The number of nitrogens with two attached hydrogens (primary N) is 1. The van der Waals surface area contributed by atoms with Crippen LogP contribution in [-0.4, -0.2) is 60.5 Å². The van der Waals surface area contributed by atoms with Gasteiger partial charge in [-0.3, -0.25) is 4.79 Å². The van der Waals surface area contributed by atoms with Gasteiger partial charge in [0, 0.05) is 26.2 Å². The lowest BCUT2D eigenvalue weighted by atomic mass is 10.2. The maximum atomic E-state index is 12.1. The Balaban J connectivity index is 1.92. The van der Waals surface area contributed by atoms with Crippen molar-refractivity contribution in [2.24, 2.45) is 5.73 Å². The third kappa shape index (κ3) is 3.68. The molecule has 1 aromatic carbocycles. The molecule has 2 N–H and O–H groups in total. The van der Waals surface area contributed by atoms with Crippen molar-refractivity contribution >= 4 is 23.1 Å². The Kier molecular flexibility index (Phi) is 4.92. The van der Waals surface area contributed by atoms with E-state index >= 15 is 0 Å². The number of carbonyl (C=O) groups is 1. The number of para-hydroxylation sites is 1. The predicted molar refractivity (Wildman–Crippen MR) is 81.9 cm³/mol. The normalized spacial score (nSPS) is 15.9. The van der Waals surface area contributed by atoms with E-state index in [4.69, 9.17) is 22.7 Å². The van der Waals surface area contributed by atoms with Gasteiger partial charge in [0.05, 0.1) is 5.56 Å². The van der Waals surface area contributed by atoms with Gasteiger partial charge < -0.3 is 20.3 Å². The van der Waals surface area contributed by atoms with Gasteiger partial charge in [0.15, 0.2) is 6.61 Å². The molecule has 0 bridgehead atoms. The number of likely N-dealkylation sites (N-methyl/N-ethyl adjacent to an activating group) is 1. The molecule has 1 amide bonds. The molecular formula is C14H19N3O2S. The van der Waals surface area contributed by atoms with E-state index in [1.54, 1.807) is 12.1 Å². The highest BCUT2D eigenvalue weighted by Gasteiger charge is 2.19. The summed E-state index contributed by atoms with van der Waals surface area (Å²) in [6.07, 6.45) is 0. The van der Waals surface area contributed by atoms with Crippen LogP contribution in [0.4, 0.5) is 0 Å². The summed E-state index contributed by atoms with van der Waals surface area (Å²) in [7, 11) is 2.05. The highest BCUT2D eigenvalue weighted by molar-refractivity contribution is 7.80. The predicted octanol–water partition coefficient (Wildman–Crippen LogP) is 0.474. The lowest BCUT2D eigenvalue weighted by Gasteiger charge is -2.32. The van der Waals surface area contributed by atoms with E-state index in [0.717, 1.165) is 26.2 Å². The molecular weight excluding hydrogens is 274 g/mol. The summed E-state index contributed by atoms with van der Waals surface area (Å²) in [5.74, 6) is 0.554. The Morgan fingerprint density at radius 3 is 2.60 bits per heavy atom. The largest absolute Gasteiger partial charge is 0.483 e. The fourth-order valence-electron chi connectivity index (χ4n) is 2.08. The third-order valence-corrected chi connectivity index (χ3v) is 3.58. The lowest BCUT2D eigenvalue weighted by Crippen LogP contribution is -2.48. The number of hydrogen-bond acceptors (Lipinski definition) is 4. The second kappa shape index (κ2) is 6.67. The van der Waals surface area contributed by atoms with Crippen molar-refractivity contribution in [1.82, 2.24) is 9.80 Å². The second-order valence-corrected chi connectivity index (χ2v) is 5.27. The molecule has 0 saturated carbocycles. The maximum absolute atomic E-state index is 12.1. The molecule has 0 unspecified atom stereocenters. The van der Waals surface area contributed by atoms with Crippen LogP contribution in [0.2, 0.25) is 0 Å². The van der Waals surface area contributed by atoms with Crippen LogP contribution in [0.5, 0.6) is 5.75 Å². The molecule has 0 aromatic heterocycles. The van der Waals surface area contributed by atoms with Crippen LogP contribution in [0.25, 0.3) is 0 Å². The zero-order chi connectivity index (χ0) is 14.5. The minimum Gasteiger partial charge on any atom is -0.483 e. The number of thiocarbonyl (C=S) groups is 1. The average Bonchev–Trinajstić information content (AvgIpc) is 2.45. The molecule has 20 heavy (non-hydrogen) atoms. The van der Waals surface area contributed by atoms with Crippen molar-refractivity contribution in [2.75, 3.05) is 39.8 Å². The highest BCUT2D eigenvalue weighted by atomic mass is 32.1. The molecule has 0 spiro atoms. The topological polar surface area (TPSA) is 58.8 Å². The Bertz CT molecular complexity index is 499. The Morgan fingerprint density at radius 1 is 1.30 bits per heavy atom. The monoisotopic (exact) mass is 293 g/mol. The number of piperazine rings is 1.